The van der Waals surface area contributed by atoms with Gasteiger partial charge in [-0.25, -0.2) is 0 Å². The summed E-state index contributed by atoms with van der Waals surface area (Å²) in [7, 11) is 0. The van der Waals surface area contributed by atoms with Crippen molar-refractivity contribution in [2.45, 2.75) is 61.3 Å². The molecule has 2 heteroatoms. The van der Waals surface area contributed by atoms with Crippen LogP contribution >= 0.6 is 0 Å². The van der Waals surface area contributed by atoms with E-state index in [-0.39, 0.29) is 13.6 Å². The molecule has 0 amide bonds. The monoisotopic (exact) mass is 179 g/mol. The summed E-state index contributed by atoms with van der Waals surface area (Å²) in [6, 6.07) is 0. The molecule has 0 heterocycles. The molecule has 0 unspecified atom stereocenters. The molecule has 2 nitrogen and oxygen atoms in total. The summed E-state index contributed by atoms with van der Waals surface area (Å²) < 4.78 is 0. The molecule has 0 aliphatic rings. The number of rotatable bonds is 2. The third kappa shape index (κ3) is 270. The van der Waals surface area contributed by atoms with Crippen molar-refractivity contribution >= 4 is 6.29 Å². The number of hydrogen-bond donors (Lipinski definition) is 1. The third-order valence-electron chi connectivity index (χ3n) is 0.667. The summed E-state index contributed by atoms with van der Waals surface area (Å²) in [5, 5.41) is 0. The summed E-state index contributed by atoms with van der Waals surface area (Å²) in [5.74, 6) is 0. The quantitative estimate of drug-likeness (QED) is 0.645. The van der Waals surface area contributed by atoms with Crippen molar-refractivity contribution in [2.75, 3.05) is 0 Å². The van der Waals surface area contributed by atoms with E-state index in [1.54, 1.807) is 0 Å². The van der Waals surface area contributed by atoms with Crippen LogP contribution in [0.4, 0.5) is 0 Å². The Morgan fingerprint density at radius 2 is 1.17 bits per heavy atom. The van der Waals surface area contributed by atoms with Crippen molar-refractivity contribution < 1.29 is 4.79 Å². The zero-order valence-corrected chi connectivity index (χ0v) is 8.81. The van der Waals surface area contributed by atoms with Crippen LogP contribution < -0.4 is 6.15 Å². The molecule has 0 radical (unpaired) electrons. The fraction of sp³-hybridized carbons (Fsp3) is 0.900. The second kappa shape index (κ2) is 74.8. The van der Waals surface area contributed by atoms with E-state index in [9.17, 15) is 4.79 Å². The van der Waals surface area contributed by atoms with E-state index < -0.39 is 0 Å². The van der Waals surface area contributed by atoms with E-state index in [1.165, 1.54) is 12.8 Å². The lowest BCUT2D eigenvalue weighted by atomic mass is 10.4. The summed E-state index contributed by atoms with van der Waals surface area (Å²) >= 11 is 0. The van der Waals surface area contributed by atoms with Gasteiger partial charge in [-0.1, -0.05) is 54.9 Å². The van der Waals surface area contributed by atoms with Crippen LogP contribution in [0.5, 0.6) is 0 Å². The molecule has 0 fully saturated rings. The van der Waals surface area contributed by atoms with Crippen LogP contribution in [0.1, 0.15) is 61.3 Å². The van der Waals surface area contributed by atoms with E-state index in [1.807, 2.05) is 20.8 Å². The SMILES string of the molecule is C.CC.CCC=O.CCCC.N. The van der Waals surface area contributed by atoms with Crippen LogP contribution in [-0.2, 0) is 4.79 Å². The van der Waals surface area contributed by atoms with Gasteiger partial charge in [0.1, 0.15) is 6.29 Å². The molecule has 12 heavy (non-hydrogen) atoms. The zero-order chi connectivity index (χ0) is 8.83. The fourth-order valence-corrected chi connectivity index (χ4v) is 0. The van der Waals surface area contributed by atoms with Crippen molar-refractivity contribution in [3.63, 3.8) is 0 Å². The largest absolute Gasteiger partial charge is 0.344 e. The topological polar surface area (TPSA) is 52.1 Å². The Labute approximate surface area is 79.3 Å². The molecule has 0 aliphatic heterocycles. The molecule has 0 spiro atoms. The van der Waals surface area contributed by atoms with Crippen LogP contribution in [0, 0.1) is 0 Å². The van der Waals surface area contributed by atoms with E-state index in [0.717, 1.165) is 6.29 Å². The lowest BCUT2D eigenvalue weighted by Crippen LogP contribution is -1.55. The first kappa shape index (κ1) is 29.9. The number of hydrogen-bond acceptors (Lipinski definition) is 2. The highest BCUT2D eigenvalue weighted by Gasteiger charge is 1.56. The number of carbonyl (C=O) groups is 1. The van der Waals surface area contributed by atoms with E-state index in [0.29, 0.717) is 6.42 Å². The van der Waals surface area contributed by atoms with Crippen LogP contribution in [0.2, 0.25) is 0 Å². The fourth-order valence-electron chi connectivity index (χ4n) is 0. The van der Waals surface area contributed by atoms with Crippen LogP contribution in [0.25, 0.3) is 0 Å². The van der Waals surface area contributed by atoms with Gasteiger partial charge >= 0.3 is 0 Å². The van der Waals surface area contributed by atoms with Crippen LogP contribution in [-0.4, -0.2) is 6.29 Å². The Balaban J connectivity index is -0.0000000198. The normalized spacial score (nSPS) is 5.08. The Morgan fingerprint density at radius 1 is 1.00 bits per heavy atom. The maximum absolute atomic E-state index is 9.17. The first-order valence-electron chi connectivity index (χ1n) is 4.27. The molecule has 0 saturated carbocycles. The van der Waals surface area contributed by atoms with Gasteiger partial charge in [-0.15, -0.1) is 0 Å². The highest BCUT2D eigenvalue weighted by molar-refractivity contribution is 5.48. The van der Waals surface area contributed by atoms with Crippen molar-refractivity contribution in [2.24, 2.45) is 0 Å². The molecule has 0 aromatic heterocycles. The highest BCUT2D eigenvalue weighted by Crippen LogP contribution is 1.76. The lowest BCUT2D eigenvalue weighted by molar-refractivity contribution is -0.107. The van der Waals surface area contributed by atoms with Crippen LogP contribution in [0.15, 0.2) is 0 Å². The van der Waals surface area contributed by atoms with Crippen molar-refractivity contribution in [1.82, 2.24) is 6.15 Å². The summed E-state index contributed by atoms with van der Waals surface area (Å²) in [5.41, 5.74) is 0. The Bertz CT molecular complexity index is 36.8. The molecule has 3 N–H and O–H groups in total. The molecule has 0 atom stereocenters. The first-order chi connectivity index (χ1) is 4.83. The molecule has 0 rings (SSSR count). The molecule has 0 aromatic carbocycles. The average molecular weight is 179 g/mol. The summed E-state index contributed by atoms with van der Waals surface area (Å²) in [4.78, 5) is 9.17. The van der Waals surface area contributed by atoms with Gasteiger partial charge < -0.3 is 10.9 Å². The van der Waals surface area contributed by atoms with Crippen molar-refractivity contribution in [3.05, 3.63) is 0 Å². The second-order valence-electron chi connectivity index (χ2n) is 1.57. The van der Waals surface area contributed by atoms with E-state index >= 15 is 0 Å². The minimum atomic E-state index is 0. The van der Waals surface area contributed by atoms with E-state index in [2.05, 4.69) is 13.8 Å². The molecular weight excluding hydrogens is 150 g/mol. The van der Waals surface area contributed by atoms with Gasteiger partial charge in [0.15, 0.2) is 0 Å². The maximum atomic E-state index is 9.17. The van der Waals surface area contributed by atoms with Gasteiger partial charge in [0.25, 0.3) is 0 Å². The smallest absolute Gasteiger partial charge is 0.119 e. The molecule has 0 saturated heterocycles. The summed E-state index contributed by atoms with van der Waals surface area (Å²) in [6.45, 7) is 10.2. The summed E-state index contributed by atoms with van der Waals surface area (Å²) in [6.07, 6.45) is 4.15. The maximum Gasteiger partial charge on any atom is 0.119 e. The zero-order valence-electron chi connectivity index (χ0n) is 8.81. The molecule has 80 valence electrons. The van der Waals surface area contributed by atoms with Crippen molar-refractivity contribution in [1.29, 1.82) is 0 Å². The minimum absolute atomic E-state index is 0. The lowest BCUT2D eigenvalue weighted by Gasteiger charge is -1.68. The predicted octanol–water partition coefficient (Wildman–Crippen LogP) is 4.23. The molecule has 0 bridgehead atoms. The van der Waals surface area contributed by atoms with Gasteiger partial charge in [-0.05, 0) is 0 Å². The van der Waals surface area contributed by atoms with Crippen molar-refractivity contribution in [3.8, 4) is 0 Å². The Hall–Kier alpha value is -0.370. The average Bonchev–Trinajstić information content (AvgIpc) is 2.08. The minimum Gasteiger partial charge on any atom is -0.344 e. The molecular formula is C10H29NO. The van der Waals surface area contributed by atoms with Gasteiger partial charge in [-0.2, -0.15) is 0 Å². The molecule has 0 aromatic rings. The number of aldehydes is 1. The third-order valence-corrected chi connectivity index (χ3v) is 0.667. The standard InChI is InChI=1S/C4H10.C3H6O.C2H6.CH4.H3N/c1-3-4-2;1-2-3-4;1-2;;/h3-4H2,1-2H3;3H,2H2,1H3;1-2H3;1H4;1H3. The predicted molar refractivity (Wildman–Crippen MR) is 60.0 cm³/mol. The van der Waals surface area contributed by atoms with Gasteiger partial charge in [-0.3, -0.25) is 0 Å². The van der Waals surface area contributed by atoms with Gasteiger partial charge in [0.2, 0.25) is 0 Å². The number of carbonyl (C=O) groups excluding carboxylic acids is 1. The first-order valence-corrected chi connectivity index (χ1v) is 4.27. The van der Waals surface area contributed by atoms with Gasteiger partial charge in [0.05, 0.1) is 0 Å². The highest BCUT2D eigenvalue weighted by atomic mass is 16.1. The Morgan fingerprint density at radius 3 is 1.17 bits per heavy atom. The van der Waals surface area contributed by atoms with E-state index in [4.69, 9.17) is 0 Å². The Kier molecular flexibility index (Phi) is 186. The van der Waals surface area contributed by atoms with Crippen LogP contribution in [0.3, 0.4) is 0 Å². The second-order valence-corrected chi connectivity index (χ2v) is 1.57. The molecule has 0 aliphatic carbocycles. The number of unbranched alkanes of at least 4 members (excludes halogenated alkanes) is 1. The van der Waals surface area contributed by atoms with Gasteiger partial charge in [0, 0.05) is 6.42 Å².